The van der Waals surface area contributed by atoms with E-state index in [4.69, 9.17) is 10.8 Å². The van der Waals surface area contributed by atoms with Gasteiger partial charge in [0.2, 0.25) is 0 Å². The summed E-state index contributed by atoms with van der Waals surface area (Å²) in [4.78, 5) is 12.9. The molecule has 0 aromatic heterocycles. The van der Waals surface area contributed by atoms with Crippen LogP contribution >= 0.6 is 0 Å². The molecule has 3 N–H and O–H groups in total. The molecule has 1 unspecified atom stereocenters. The molecule has 0 saturated carbocycles. The standard InChI is InChI=1S/C9H18N2O2/c10-4-2-6-11-5-1-3-8(7-11)9(12)13/h8H,1-7,10H2,(H,12,13). The molecule has 13 heavy (non-hydrogen) atoms. The van der Waals surface area contributed by atoms with E-state index in [1.807, 2.05) is 0 Å². The Morgan fingerprint density at radius 2 is 2.38 bits per heavy atom. The van der Waals surface area contributed by atoms with Crippen LogP contribution in [0.4, 0.5) is 0 Å². The number of rotatable bonds is 4. The van der Waals surface area contributed by atoms with Gasteiger partial charge in [-0.1, -0.05) is 0 Å². The van der Waals surface area contributed by atoms with Crippen molar-refractivity contribution in [2.75, 3.05) is 26.2 Å². The molecule has 0 aromatic rings. The lowest BCUT2D eigenvalue weighted by Crippen LogP contribution is -2.39. The highest BCUT2D eigenvalue weighted by Gasteiger charge is 2.24. The predicted molar refractivity (Wildman–Crippen MR) is 50.5 cm³/mol. The summed E-state index contributed by atoms with van der Waals surface area (Å²) in [6, 6.07) is 0. The monoisotopic (exact) mass is 186 g/mol. The number of hydrogen-bond acceptors (Lipinski definition) is 3. The second kappa shape index (κ2) is 5.19. The van der Waals surface area contributed by atoms with Crippen LogP contribution in [0.3, 0.4) is 0 Å². The number of carboxylic acids is 1. The topological polar surface area (TPSA) is 66.6 Å². The first-order valence-corrected chi connectivity index (χ1v) is 4.89. The van der Waals surface area contributed by atoms with Gasteiger partial charge in [-0.2, -0.15) is 0 Å². The number of piperidine rings is 1. The first-order chi connectivity index (χ1) is 6.24. The molecule has 0 aliphatic carbocycles. The van der Waals surface area contributed by atoms with Crippen LogP contribution in [0.15, 0.2) is 0 Å². The number of carboxylic acid groups (broad SMARTS) is 1. The minimum Gasteiger partial charge on any atom is -0.481 e. The summed E-state index contributed by atoms with van der Waals surface area (Å²) < 4.78 is 0. The molecule has 0 amide bonds. The van der Waals surface area contributed by atoms with Crippen molar-refractivity contribution in [1.29, 1.82) is 0 Å². The first-order valence-electron chi connectivity index (χ1n) is 4.89. The van der Waals surface area contributed by atoms with Gasteiger partial charge in [-0.3, -0.25) is 4.79 Å². The van der Waals surface area contributed by atoms with E-state index < -0.39 is 5.97 Å². The van der Waals surface area contributed by atoms with Gasteiger partial charge in [0.15, 0.2) is 0 Å². The summed E-state index contributed by atoms with van der Waals surface area (Å²) in [7, 11) is 0. The van der Waals surface area contributed by atoms with E-state index in [-0.39, 0.29) is 5.92 Å². The smallest absolute Gasteiger partial charge is 0.307 e. The number of hydrogen-bond donors (Lipinski definition) is 2. The third-order valence-corrected chi connectivity index (χ3v) is 2.53. The van der Waals surface area contributed by atoms with Crippen LogP contribution in [0.2, 0.25) is 0 Å². The maximum Gasteiger partial charge on any atom is 0.307 e. The molecular formula is C9H18N2O2. The Balaban J connectivity index is 2.29. The highest BCUT2D eigenvalue weighted by Crippen LogP contribution is 2.16. The van der Waals surface area contributed by atoms with Crippen LogP contribution in [0.5, 0.6) is 0 Å². The second-order valence-electron chi connectivity index (χ2n) is 3.62. The summed E-state index contributed by atoms with van der Waals surface area (Å²) in [5.41, 5.74) is 5.40. The Hall–Kier alpha value is -0.610. The van der Waals surface area contributed by atoms with Crippen LogP contribution in [0.25, 0.3) is 0 Å². The Kier molecular flexibility index (Phi) is 4.18. The molecular weight excluding hydrogens is 168 g/mol. The minimum atomic E-state index is -0.655. The molecule has 1 atom stereocenters. The van der Waals surface area contributed by atoms with Gasteiger partial charge in [-0.15, -0.1) is 0 Å². The van der Waals surface area contributed by atoms with Gasteiger partial charge in [0.05, 0.1) is 5.92 Å². The Morgan fingerprint density at radius 3 is 3.00 bits per heavy atom. The number of aliphatic carboxylic acids is 1. The van der Waals surface area contributed by atoms with E-state index in [0.717, 1.165) is 32.4 Å². The lowest BCUT2D eigenvalue weighted by atomic mass is 9.98. The molecule has 1 aliphatic rings. The van der Waals surface area contributed by atoms with Crippen molar-refractivity contribution >= 4 is 5.97 Å². The predicted octanol–water partition coefficient (Wildman–Crippen LogP) is 0.132. The average Bonchev–Trinajstić information content (AvgIpc) is 2.15. The average molecular weight is 186 g/mol. The zero-order chi connectivity index (χ0) is 9.68. The molecule has 76 valence electrons. The van der Waals surface area contributed by atoms with Gasteiger partial charge in [0.25, 0.3) is 0 Å². The van der Waals surface area contributed by atoms with Crippen LogP contribution in [0, 0.1) is 5.92 Å². The van der Waals surface area contributed by atoms with E-state index in [1.54, 1.807) is 0 Å². The number of nitrogens with two attached hydrogens (primary N) is 1. The van der Waals surface area contributed by atoms with E-state index in [9.17, 15) is 4.79 Å². The molecule has 0 bridgehead atoms. The SMILES string of the molecule is NCCCN1CCCC(C(=O)O)C1. The van der Waals surface area contributed by atoms with Gasteiger partial charge in [0, 0.05) is 6.54 Å². The fraction of sp³-hybridized carbons (Fsp3) is 0.889. The normalized spacial score (nSPS) is 24.5. The minimum absolute atomic E-state index is 0.161. The molecule has 0 radical (unpaired) electrons. The molecule has 1 saturated heterocycles. The summed E-state index contributed by atoms with van der Waals surface area (Å²) in [5.74, 6) is -0.816. The van der Waals surface area contributed by atoms with Gasteiger partial charge in [-0.05, 0) is 38.9 Å². The van der Waals surface area contributed by atoms with Crippen LogP contribution in [-0.2, 0) is 4.79 Å². The zero-order valence-corrected chi connectivity index (χ0v) is 7.91. The van der Waals surface area contributed by atoms with E-state index >= 15 is 0 Å². The van der Waals surface area contributed by atoms with Crippen molar-refractivity contribution in [2.45, 2.75) is 19.3 Å². The van der Waals surface area contributed by atoms with Crippen molar-refractivity contribution in [3.63, 3.8) is 0 Å². The van der Waals surface area contributed by atoms with Crippen molar-refractivity contribution in [2.24, 2.45) is 11.7 Å². The van der Waals surface area contributed by atoms with Crippen LogP contribution < -0.4 is 5.73 Å². The summed E-state index contributed by atoms with van der Waals surface area (Å²) in [5, 5.41) is 8.83. The van der Waals surface area contributed by atoms with Gasteiger partial charge in [0.1, 0.15) is 0 Å². The van der Waals surface area contributed by atoms with Crippen LogP contribution in [-0.4, -0.2) is 42.2 Å². The fourth-order valence-corrected chi connectivity index (χ4v) is 1.78. The Bertz CT molecular complexity index is 173. The maximum absolute atomic E-state index is 10.7. The first kappa shape index (κ1) is 10.5. The quantitative estimate of drug-likeness (QED) is 0.655. The molecule has 4 nitrogen and oxygen atoms in total. The third kappa shape index (κ3) is 3.32. The van der Waals surface area contributed by atoms with Gasteiger partial charge in [-0.25, -0.2) is 0 Å². The highest BCUT2D eigenvalue weighted by molar-refractivity contribution is 5.70. The van der Waals surface area contributed by atoms with Gasteiger partial charge >= 0.3 is 5.97 Å². The zero-order valence-electron chi connectivity index (χ0n) is 7.91. The highest BCUT2D eigenvalue weighted by atomic mass is 16.4. The summed E-state index contributed by atoms with van der Waals surface area (Å²) in [6.45, 7) is 3.37. The van der Waals surface area contributed by atoms with Crippen molar-refractivity contribution in [3.05, 3.63) is 0 Å². The largest absolute Gasteiger partial charge is 0.481 e. The van der Waals surface area contributed by atoms with E-state index in [1.165, 1.54) is 0 Å². The molecule has 1 fully saturated rings. The number of likely N-dealkylation sites (tertiary alicyclic amines) is 1. The number of carbonyl (C=O) groups is 1. The van der Waals surface area contributed by atoms with Crippen molar-refractivity contribution in [3.8, 4) is 0 Å². The Morgan fingerprint density at radius 1 is 1.62 bits per heavy atom. The molecule has 0 aromatic carbocycles. The van der Waals surface area contributed by atoms with Crippen molar-refractivity contribution in [1.82, 2.24) is 4.90 Å². The lowest BCUT2D eigenvalue weighted by Gasteiger charge is -2.30. The Labute approximate surface area is 78.7 Å². The maximum atomic E-state index is 10.7. The van der Waals surface area contributed by atoms with E-state index in [2.05, 4.69) is 4.90 Å². The molecule has 1 rings (SSSR count). The van der Waals surface area contributed by atoms with Crippen LogP contribution in [0.1, 0.15) is 19.3 Å². The lowest BCUT2D eigenvalue weighted by molar-refractivity contribution is -0.143. The summed E-state index contributed by atoms with van der Waals surface area (Å²) in [6.07, 6.45) is 2.79. The molecule has 1 heterocycles. The number of nitrogens with zero attached hydrogens (tertiary/aromatic N) is 1. The van der Waals surface area contributed by atoms with Gasteiger partial charge < -0.3 is 15.7 Å². The third-order valence-electron chi connectivity index (χ3n) is 2.53. The molecule has 4 heteroatoms. The molecule has 0 spiro atoms. The van der Waals surface area contributed by atoms with E-state index in [0.29, 0.717) is 13.1 Å². The molecule has 1 aliphatic heterocycles. The second-order valence-corrected chi connectivity index (χ2v) is 3.62. The van der Waals surface area contributed by atoms with Crippen molar-refractivity contribution < 1.29 is 9.90 Å². The summed E-state index contributed by atoms with van der Waals surface area (Å²) >= 11 is 0. The fourth-order valence-electron chi connectivity index (χ4n) is 1.78.